The Labute approximate surface area is 210 Å². The van der Waals surface area contributed by atoms with Crippen LogP contribution in [0.1, 0.15) is 23.4 Å². The van der Waals surface area contributed by atoms with Gasteiger partial charge in [-0.1, -0.05) is 6.07 Å². The Morgan fingerprint density at radius 1 is 1.09 bits per heavy atom. The summed E-state index contributed by atoms with van der Waals surface area (Å²) >= 11 is 3.27. The van der Waals surface area contributed by atoms with Gasteiger partial charge in [0.1, 0.15) is 34.8 Å². The monoisotopic (exact) mass is 562 g/mol. The first-order valence-electron chi connectivity index (χ1n) is 10.4. The average molecular weight is 563 g/mol. The van der Waals surface area contributed by atoms with Crippen LogP contribution in [-0.2, 0) is 15.6 Å². The molecule has 3 aromatic heterocycles. The van der Waals surface area contributed by atoms with Gasteiger partial charge in [0, 0.05) is 10.7 Å². The fraction of sp³-hybridized carbons (Fsp3) is 0.261. The largest absolute Gasteiger partial charge is 0.494 e. The van der Waals surface area contributed by atoms with E-state index in [-0.39, 0.29) is 17.3 Å². The molecule has 0 aliphatic heterocycles. The molecule has 35 heavy (non-hydrogen) atoms. The Morgan fingerprint density at radius 3 is 2.37 bits per heavy atom. The van der Waals surface area contributed by atoms with Gasteiger partial charge in [-0.05, 0) is 59.3 Å². The lowest BCUT2D eigenvalue weighted by molar-refractivity contribution is 0.196. The van der Waals surface area contributed by atoms with Gasteiger partial charge in [-0.25, -0.2) is 8.42 Å². The molecule has 1 aromatic carbocycles. The summed E-state index contributed by atoms with van der Waals surface area (Å²) in [5, 5.41) is 18.9. The van der Waals surface area contributed by atoms with Crippen LogP contribution in [0.25, 0.3) is 17.3 Å². The number of hydrogen-bond donors (Lipinski definition) is 1. The van der Waals surface area contributed by atoms with Crippen molar-refractivity contribution < 1.29 is 27.4 Å². The van der Waals surface area contributed by atoms with E-state index in [2.05, 4.69) is 31.1 Å². The number of aromatic nitrogens is 4. The normalized spacial score (nSPS) is 12.5. The first-order chi connectivity index (χ1) is 16.7. The van der Waals surface area contributed by atoms with Crippen molar-refractivity contribution in [1.82, 2.24) is 19.7 Å². The Kier molecular flexibility index (Phi) is 7.24. The third kappa shape index (κ3) is 5.39. The van der Waals surface area contributed by atoms with Gasteiger partial charge in [0.25, 0.3) is 0 Å². The van der Waals surface area contributed by atoms with Crippen molar-refractivity contribution in [2.24, 2.45) is 0 Å². The van der Waals surface area contributed by atoms with E-state index in [0.29, 0.717) is 28.7 Å². The zero-order chi connectivity index (χ0) is 25.2. The van der Waals surface area contributed by atoms with Gasteiger partial charge in [0.05, 0.1) is 25.7 Å². The van der Waals surface area contributed by atoms with Crippen molar-refractivity contribution in [2.75, 3.05) is 20.0 Å². The van der Waals surface area contributed by atoms with Crippen LogP contribution in [0.2, 0.25) is 0 Å². The molecular weight excluding hydrogens is 540 g/mol. The highest BCUT2D eigenvalue weighted by atomic mass is 79.9. The molecule has 4 rings (SSSR count). The number of methoxy groups -OCH3 is 2. The molecule has 0 spiro atoms. The summed E-state index contributed by atoms with van der Waals surface area (Å²) in [4.78, 5) is 4.09. The third-order valence-electron chi connectivity index (χ3n) is 5.17. The van der Waals surface area contributed by atoms with Crippen molar-refractivity contribution in [3.8, 4) is 28.8 Å². The smallest absolute Gasteiger partial charge is 0.204 e. The number of nitrogens with zero attached hydrogens (tertiary/aromatic N) is 4. The van der Waals surface area contributed by atoms with Crippen LogP contribution in [0, 0.1) is 6.92 Å². The van der Waals surface area contributed by atoms with Crippen LogP contribution in [-0.4, -0.2) is 53.2 Å². The Bertz CT molecular complexity index is 1410. The van der Waals surface area contributed by atoms with Gasteiger partial charge in [0.15, 0.2) is 21.4 Å². The molecule has 0 bridgehead atoms. The molecule has 3 heterocycles. The molecule has 0 amide bonds. The van der Waals surface area contributed by atoms with Crippen LogP contribution in [0.15, 0.2) is 57.6 Å². The van der Waals surface area contributed by atoms with E-state index in [1.807, 2.05) is 0 Å². The SMILES string of the molecule is COc1cccc(OC)c1-n1c(CS(=O)(=O)C[C@@H](O)c2ccc(Br)cn2)nnc1-c1ccc(C)o1. The summed E-state index contributed by atoms with van der Waals surface area (Å²) in [5.74, 6) is 1.22. The topological polar surface area (TPSA) is 130 Å². The van der Waals surface area contributed by atoms with Gasteiger partial charge >= 0.3 is 0 Å². The van der Waals surface area contributed by atoms with Crippen molar-refractivity contribution >= 4 is 25.8 Å². The molecule has 0 fully saturated rings. The quantitative estimate of drug-likeness (QED) is 0.324. The maximum atomic E-state index is 13.1. The molecule has 1 atom stereocenters. The number of aliphatic hydroxyl groups excluding tert-OH is 1. The summed E-state index contributed by atoms with van der Waals surface area (Å²) in [6.45, 7) is 1.79. The van der Waals surface area contributed by atoms with E-state index in [9.17, 15) is 13.5 Å². The second kappa shape index (κ2) is 10.2. The third-order valence-corrected chi connectivity index (χ3v) is 7.16. The van der Waals surface area contributed by atoms with Gasteiger partial charge in [0.2, 0.25) is 5.82 Å². The van der Waals surface area contributed by atoms with Crippen LogP contribution in [0.3, 0.4) is 0 Å². The van der Waals surface area contributed by atoms with Gasteiger partial charge in [-0.15, -0.1) is 10.2 Å². The van der Waals surface area contributed by atoms with Gasteiger partial charge < -0.3 is 19.0 Å². The molecule has 10 nitrogen and oxygen atoms in total. The van der Waals surface area contributed by atoms with Gasteiger partial charge in [-0.3, -0.25) is 9.55 Å². The van der Waals surface area contributed by atoms with E-state index >= 15 is 0 Å². The lowest BCUT2D eigenvalue weighted by Crippen LogP contribution is -2.19. The van der Waals surface area contributed by atoms with E-state index in [1.54, 1.807) is 49.4 Å². The maximum Gasteiger partial charge on any atom is 0.204 e. The predicted octanol–water partition coefficient (Wildman–Crippen LogP) is 3.66. The Hall–Kier alpha value is -3.22. The van der Waals surface area contributed by atoms with E-state index in [1.165, 1.54) is 25.0 Å². The molecule has 1 N–H and O–H groups in total. The summed E-state index contributed by atoms with van der Waals surface area (Å²) in [5.41, 5.74) is 0.670. The number of sulfone groups is 1. The molecule has 0 radical (unpaired) electrons. The van der Waals surface area contributed by atoms with Crippen molar-refractivity contribution in [3.05, 3.63) is 70.4 Å². The highest BCUT2D eigenvalue weighted by molar-refractivity contribution is 9.10. The molecule has 0 aliphatic carbocycles. The number of ether oxygens (including phenoxy) is 2. The number of para-hydroxylation sites is 1. The Morgan fingerprint density at radius 2 is 1.80 bits per heavy atom. The lowest BCUT2D eigenvalue weighted by atomic mass is 10.2. The molecule has 0 aliphatic rings. The number of aliphatic hydroxyl groups is 1. The number of furan rings is 1. The molecule has 12 heteroatoms. The van der Waals surface area contributed by atoms with E-state index in [4.69, 9.17) is 13.9 Å². The molecule has 0 saturated carbocycles. The highest BCUT2D eigenvalue weighted by Crippen LogP contribution is 2.37. The first-order valence-corrected chi connectivity index (χ1v) is 13.1. The van der Waals surface area contributed by atoms with E-state index < -0.39 is 27.4 Å². The fourth-order valence-corrected chi connectivity index (χ4v) is 5.16. The summed E-state index contributed by atoms with van der Waals surface area (Å²) in [6.07, 6.45) is 0.186. The minimum Gasteiger partial charge on any atom is -0.494 e. The minimum atomic E-state index is -3.86. The molecule has 0 unspecified atom stereocenters. The number of hydrogen-bond acceptors (Lipinski definition) is 9. The van der Waals surface area contributed by atoms with Crippen LogP contribution < -0.4 is 9.47 Å². The van der Waals surface area contributed by atoms with Crippen LogP contribution in [0.5, 0.6) is 11.5 Å². The summed E-state index contributed by atoms with van der Waals surface area (Å²) in [7, 11) is -0.868. The second-order valence-corrected chi connectivity index (χ2v) is 10.7. The van der Waals surface area contributed by atoms with Crippen molar-refractivity contribution in [2.45, 2.75) is 18.8 Å². The fourth-order valence-electron chi connectivity index (χ4n) is 3.58. The molecular formula is C23H23BrN4O6S. The molecule has 4 aromatic rings. The minimum absolute atomic E-state index is 0.104. The van der Waals surface area contributed by atoms with E-state index in [0.717, 1.165) is 4.47 Å². The zero-order valence-corrected chi connectivity index (χ0v) is 21.6. The second-order valence-electron chi connectivity index (χ2n) is 7.67. The Balaban J connectivity index is 1.77. The standard InChI is InChI=1S/C23H23BrN4O6S/c1-14-7-10-20(34-14)23-27-26-21(28(23)22-18(32-2)5-4-6-19(22)33-3)13-35(30,31)12-17(29)16-9-8-15(24)11-25-16/h4-11,17,29H,12-13H2,1-3H3/t17-/m1/s1. The molecule has 184 valence electrons. The maximum absolute atomic E-state index is 13.1. The number of pyridine rings is 1. The van der Waals surface area contributed by atoms with Crippen molar-refractivity contribution in [1.29, 1.82) is 0 Å². The zero-order valence-electron chi connectivity index (χ0n) is 19.2. The van der Waals surface area contributed by atoms with Crippen LogP contribution >= 0.6 is 15.9 Å². The summed E-state index contributed by atoms with van der Waals surface area (Å²) in [6, 6.07) is 11.9. The summed E-state index contributed by atoms with van der Waals surface area (Å²) < 4.78 is 45.3. The van der Waals surface area contributed by atoms with Gasteiger partial charge in [-0.2, -0.15) is 0 Å². The molecule has 0 saturated heterocycles. The predicted molar refractivity (Wildman–Crippen MR) is 131 cm³/mol. The average Bonchev–Trinajstić information content (AvgIpc) is 3.43. The number of benzene rings is 1. The lowest BCUT2D eigenvalue weighted by Gasteiger charge is -2.17. The van der Waals surface area contributed by atoms with Crippen molar-refractivity contribution in [3.63, 3.8) is 0 Å². The highest BCUT2D eigenvalue weighted by Gasteiger charge is 2.28. The number of aryl methyl sites for hydroxylation is 1. The first kappa shape index (κ1) is 24.9. The number of rotatable bonds is 9. The van der Waals surface area contributed by atoms with Crippen LogP contribution in [0.4, 0.5) is 0 Å². The number of halogens is 1.